The van der Waals surface area contributed by atoms with Crippen molar-refractivity contribution in [1.29, 1.82) is 0 Å². The van der Waals surface area contributed by atoms with Crippen molar-refractivity contribution < 1.29 is 14.0 Å². The van der Waals surface area contributed by atoms with Crippen LogP contribution in [0.15, 0.2) is 89.3 Å². The van der Waals surface area contributed by atoms with Gasteiger partial charge in [0.1, 0.15) is 5.58 Å². The average Bonchev–Trinajstić information content (AvgIpc) is 3.15. The van der Waals surface area contributed by atoms with Gasteiger partial charge in [-0.1, -0.05) is 48.5 Å². The van der Waals surface area contributed by atoms with Crippen molar-refractivity contribution in [2.75, 3.05) is 10.6 Å². The first-order valence-electron chi connectivity index (χ1n) is 8.91. The minimum absolute atomic E-state index is 0.0924. The van der Waals surface area contributed by atoms with Crippen LogP contribution in [0.3, 0.4) is 0 Å². The lowest BCUT2D eigenvalue weighted by molar-refractivity contribution is -0.115. The lowest BCUT2D eigenvalue weighted by Crippen LogP contribution is -2.14. The maximum Gasteiger partial charge on any atom is 0.291 e. The number of amides is 2. The summed E-state index contributed by atoms with van der Waals surface area (Å²) in [5.41, 5.74) is 2.91. The molecule has 0 spiro atoms. The van der Waals surface area contributed by atoms with E-state index < -0.39 is 0 Å². The predicted molar refractivity (Wildman–Crippen MR) is 109 cm³/mol. The van der Waals surface area contributed by atoms with Crippen LogP contribution in [0.4, 0.5) is 11.4 Å². The fraction of sp³-hybridized carbons (Fsp3) is 0.0435. The molecule has 0 atom stereocenters. The van der Waals surface area contributed by atoms with E-state index in [9.17, 15) is 9.59 Å². The first-order valence-corrected chi connectivity index (χ1v) is 8.91. The second kappa shape index (κ2) is 7.80. The van der Waals surface area contributed by atoms with Gasteiger partial charge in [0.15, 0.2) is 5.76 Å². The van der Waals surface area contributed by atoms with Gasteiger partial charge in [-0.15, -0.1) is 0 Å². The number of carbonyl (C=O) groups excluding carboxylic acids is 2. The molecule has 4 aromatic rings. The van der Waals surface area contributed by atoms with Crippen molar-refractivity contribution in [3.63, 3.8) is 0 Å². The number of rotatable bonds is 5. The average molecular weight is 370 g/mol. The first-order chi connectivity index (χ1) is 13.7. The molecule has 2 amide bonds. The minimum Gasteiger partial charge on any atom is -0.451 e. The molecule has 5 heteroatoms. The van der Waals surface area contributed by atoms with Gasteiger partial charge >= 0.3 is 0 Å². The van der Waals surface area contributed by atoms with E-state index in [4.69, 9.17) is 4.42 Å². The summed E-state index contributed by atoms with van der Waals surface area (Å²) in [5.74, 6) is -0.163. The van der Waals surface area contributed by atoms with Gasteiger partial charge in [-0.25, -0.2) is 0 Å². The Labute approximate surface area is 162 Å². The Morgan fingerprint density at radius 3 is 2.11 bits per heavy atom. The monoisotopic (exact) mass is 370 g/mol. The quantitative estimate of drug-likeness (QED) is 0.527. The van der Waals surface area contributed by atoms with Crippen LogP contribution in [0.5, 0.6) is 0 Å². The molecule has 1 aromatic heterocycles. The van der Waals surface area contributed by atoms with Crippen LogP contribution in [0, 0.1) is 0 Å². The summed E-state index contributed by atoms with van der Waals surface area (Å²) < 4.78 is 5.57. The molecular formula is C23H18N2O3. The Hall–Kier alpha value is -3.86. The predicted octanol–water partition coefficient (Wildman–Crippen LogP) is 4.87. The number of hydrogen-bond acceptors (Lipinski definition) is 3. The van der Waals surface area contributed by atoms with Crippen molar-refractivity contribution in [3.8, 4) is 0 Å². The highest BCUT2D eigenvalue weighted by molar-refractivity contribution is 6.04. The van der Waals surface area contributed by atoms with Gasteiger partial charge < -0.3 is 15.1 Å². The third kappa shape index (κ3) is 4.10. The van der Waals surface area contributed by atoms with Crippen LogP contribution in [0.1, 0.15) is 16.1 Å². The highest BCUT2D eigenvalue weighted by Gasteiger charge is 2.12. The number of para-hydroxylation sites is 1. The Bertz CT molecular complexity index is 1080. The summed E-state index contributed by atoms with van der Waals surface area (Å²) in [4.78, 5) is 24.5. The Kier molecular flexibility index (Phi) is 4.89. The summed E-state index contributed by atoms with van der Waals surface area (Å²) in [6.07, 6.45) is 0.311. The topological polar surface area (TPSA) is 71.3 Å². The number of anilines is 2. The molecule has 0 fully saturated rings. The SMILES string of the molecule is O=C(Cc1ccccc1)Nc1ccc(NC(=O)c2cc3ccccc3o2)cc1. The Morgan fingerprint density at radius 2 is 1.39 bits per heavy atom. The maximum absolute atomic E-state index is 12.4. The van der Waals surface area contributed by atoms with Gasteiger partial charge in [0.2, 0.25) is 5.91 Å². The second-order valence-electron chi connectivity index (χ2n) is 6.39. The van der Waals surface area contributed by atoms with E-state index in [-0.39, 0.29) is 17.6 Å². The molecule has 0 aliphatic rings. The molecule has 0 aliphatic carbocycles. The Balaban J connectivity index is 1.37. The number of carbonyl (C=O) groups is 2. The van der Waals surface area contributed by atoms with Gasteiger partial charge in [-0.2, -0.15) is 0 Å². The molecule has 1 heterocycles. The fourth-order valence-corrected chi connectivity index (χ4v) is 2.91. The largest absolute Gasteiger partial charge is 0.451 e. The van der Waals surface area contributed by atoms with Crippen LogP contribution < -0.4 is 10.6 Å². The molecular weight excluding hydrogens is 352 g/mol. The maximum atomic E-state index is 12.4. The zero-order chi connectivity index (χ0) is 19.3. The lowest BCUT2D eigenvalue weighted by Gasteiger charge is -2.07. The normalized spacial score (nSPS) is 10.6. The minimum atomic E-state index is -0.322. The van der Waals surface area contributed by atoms with Gasteiger partial charge in [-0.3, -0.25) is 9.59 Å². The van der Waals surface area contributed by atoms with Crippen LogP contribution >= 0.6 is 0 Å². The number of furan rings is 1. The van der Waals surface area contributed by atoms with E-state index >= 15 is 0 Å². The van der Waals surface area contributed by atoms with Gasteiger partial charge in [0.05, 0.1) is 6.42 Å². The van der Waals surface area contributed by atoms with E-state index in [1.54, 1.807) is 30.3 Å². The molecule has 5 nitrogen and oxygen atoms in total. The van der Waals surface area contributed by atoms with E-state index in [2.05, 4.69) is 10.6 Å². The first kappa shape index (κ1) is 17.5. The molecule has 2 N–H and O–H groups in total. The van der Waals surface area contributed by atoms with Gasteiger partial charge in [-0.05, 0) is 42.0 Å². The number of nitrogens with one attached hydrogen (secondary N) is 2. The van der Waals surface area contributed by atoms with E-state index in [1.165, 1.54) is 0 Å². The standard InChI is InChI=1S/C23H18N2O3/c26-22(14-16-6-2-1-3-7-16)24-18-10-12-19(13-11-18)25-23(27)21-15-17-8-4-5-9-20(17)28-21/h1-13,15H,14H2,(H,24,26)(H,25,27). The third-order valence-electron chi connectivity index (χ3n) is 4.28. The zero-order valence-corrected chi connectivity index (χ0v) is 15.0. The molecule has 0 bridgehead atoms. The number of benzene rings is 3. The summed E-state index contributed by atoms with van der Waals surface area (Å²) in [5, 5.41) is 6.52. The number of fused-ring (bicyclic) bond motifs is 1. The number of hydrogen-bond donors (Lipinski definition) is 2. The Morgan fingerprint density at radius 1 is 0.750 bits per heavy atom. The van der Waals surface area contributed by atoms with Crippen molar-refractivity contribution in [2.24, 2.45) is 0 Å². The summed E-state index contributed by atoms with van der Waals surface area (Å²) >= 11 is 0. The summed E-state index contributed by atoms with van der Waals surface area (Å²) in [6, 6.07) is 25.7. The fourth-order valence-electron chi connectivity index (χ4n) is 2.91. The van der Waals surface area contributed by atoms with Crippen LogP contribution in [0.2, 0.25) is 0 Å². The molecule has 0 unspecified atom stereocenters. The molecule has 0 aliphatic heterocycles. The molecule has 0 saturated carbocycles. The third-order valence-corrected chi connectivity index (χ3v) is 4.28. The van der Waals surface area contributed by atoms with Crippen molar-refractivity contribution >= 4 is 34.2 Å². The molecule has 3 aromatic carbocycles. The van der Waals surface area contributed by atoms with Crippen LogP contribution in [0.25, 0.3) is 11.0 Å². The highest BCUT2D eigenvalue weighted by Crippen LogP contribution is 2.20. The van der Waals surface area contributed by atoms with Crippen molar-refractivity contribution in [3.05, 3.63) is 96.3 Å². The molecule has 28 heavy (non-hydrogen) atoms. The van der Waals surface area contributed by atoms with E-state index in [0.717, 1.165) is 10.9 Å². The van der Waals surface area contributed by atoms with Crippen LogP contribution in [-0.2, 0) is 11.2 Å². The molecule has 0 saturated heterocycles. The highest BCUT2D eigenvalue weighted by atomic mass is 16.3. The molecule has 138 valence electrons. The second-order valence-corrected chi connectivity index (χ2v) is 6.39. The van der Waals surface area contributed by atoms with Crippen molar-refractivity contribution in [1.82, 2.24) is 0 Å². The smallest absolute Gasteiger partial charge is 0.291 e. The van der Waals surface area contributed by atoms with Crippen molar-refractivity contribution in [2.45, 2.75) is 6.42 Å². The molecule has 4 rings (SSSR count). The lowest BCUT2D eigenvalue weighted by atomic mass is 10.1. The van der Waals surface area contributed by atoms with Gasteiger partial charge in [0.25, 0.3) is 5.91 Å². The summed E-state index contributed by atoms with van der Waals surface area (Å²) in [7, 11) is 0. The van der Waals surface area contributed by atoms with Gasteiger partial charge in [0, 0.05) is 16.8 Å². The zero-order valence-electron chi connectivity index (χ0n) is 15.0. The van der Waals surface area contributed by atoms with E-state index in [1.807, 2.05) is 54.6 Å². The van der Waals surface area contributed by atoms with E-state index in [0.29, 0.717) is 23.4 Å². The van der Waals surface area contributed by atoms with Crippen LogP contribution in [-0.4, -0.2) is 11.8 Å². The molecule has 0 radical (unpaired) electrons. The summed E-state index contributed by atoms with van der Waals surface area (Å²) in [6.45, 7) is 0.